The summed E-state index contributed by atoms with van der Waals surface area (Å²) in [5.74, 6) is -1.19. The van der Waals surface area contributed by atoms with Crippen molar-refractivity contribution < 1.29 is 36.9 Å². The summed E-state index contributed by atoms with van der Waals surface area (Å²) in [4.78, 5) is 12.8. The summed E-state index contributed by atoms with van der Waals surface area (Å²) >= 11 is 0. The van der Waals surface area contributed by atoms with Crippen molar-refractivity contribution in [3.05, 3.63) is 12.2 Å². The molecule has 160 valence electrons. The Morgan fingerprint density at radius 1 is 0.885 bits per heavy atom. The van der Waals surface area contributed by atoms with Crippen LogP contribution in [0.25, 0.3) is 0 Å². The fraction of sp³-hybridized carbons (Fsp3) is 0.824. The lowest BCUT2D eigenvalue weighted by molar-refractivity contribution is -0.894. The van der Waals surface area contributed by atoms with Gasteiger partial charge in [-0.15, -0.1) is 0 Å². The number of carbonyl (C=O) groups excluding carboxylic acids is 1. The van der Waals surface area contributed by atoms with E-state index in [9.17, 15) is 22.9 Å². The van der Waals surface area contributed by atoms with Crippen LogP contribution in [0.2, 0.25) is 0 Å². The molecule has 0 rings (SSSR count). The zero-order valence-electron chi connectivity index (χ0n) is 17.8. The van der Waals surface area contributed by atoms with Crippen molar-refractivity contribution in [3.8, 4) is 0 Å². The molecular formula is C17H40N2O6S. The van der Waals surface area contributed by atoms with Crippen LogP contribution in [0.1, 0.15) is 48.5 Å². The summed E-state index contributed by atoms with van der Waals surface area (Å²) in [5, 5.41) is 9.49. The van der Waals surface area contributed by atoms with Crippen LogP contribution in [0, 0.1) is 0 Å². The number of hydrogen-bond donors (Lipinski definition) is 2. The Morgan fingerprint density at radius 3 is 1.04 bits per heavy atom. The van der Waals surface area contributed by atoms with Gasteiger partial charge in [0.25, 0.3) is 0 Å². The van der Waals surface area contributed by atoms with Gasteiger partial charge in [-0.25, -0.2) is 8.42 Å². The van der Waals surface area contributed by atoms with Gasteiger partial charge in [-0.3, -0.25) is 4.18 Å². The third-order valence-electron chi connectivity index (χ3n) is 3.55. The van der Waals surface area contributed by atoms with Gasteiger partial charge in [-0.05, 0) is 54.0 Å². The smallest absolute Gasteiger partial charge is 0.217 e. The largest absolute Gasteiger partial charge is 0.726 e. The van der Waals surface area contributed by atoms with E-state index >= 15 is 0 Å². The molecule has 0 radical (unpaired) electrons. The van der Waals surface area contributed by atoms with Crippen LogP contribution in [-0.4, -0.2) is 65.3 Å². The Morgan fingerprint density at radius 2 is 1.04 bits per heavy atom. The van der Waals surface area contributed by atoms with E-state index in [1.54, 1.807) is 9.80 Å². The Hall–Kier alpha value is -1.00. The van der Waals surface area contributed by atoms with Crippen LogP contribution >= 0.6 is 0 Å². The fourth-order valence-electron chi connectivity index (χ4n) is 1.50. The third kappa shape index (κ3) is 34.4. The maximum absolute atomic E-state index is 9.49. The first-order valence-electron chi connectivity index (χ1n) is 8.95. The highest BCUT2D eigenvalue weighted by atomic mass is 32.3. The summed E-state index contributed by atoms with van der Waals surface area (Å²) in [6, 6.07) is 0. The predicted molar refractivity (Wildman–Crippen MR) is 102 cm³/mol. The van der Waals surface area contributed by atoms with Crippen LogP contribution in [0.15, 0.2) is 12.2 Å². The summed E-state index contributed by atoms with van der Waals surface area (Å²) in [6.07, 6.45) is 0. The highest BCUT2D eigenvalue weighted by molar-refractivity contribution is 7.80. The molecule has 0 aromatic heterocycles. The molecule has 0 aliphatic heterocycles. The first kappa shape index (κ1) is 32.7. The van der Waals surface area contributed by atoms with Gasteiger partial charge in [0, 0.05) is 0 Å². The molecule has 0 unspecified atom stereocenters. The van der Waals surface area contributed by atoms with Crippen LogP contribution < -0.4 is 14.9 Å². The zero-order valence-corrected chi connectivity index (χ0v) is 18.6. The van der Waals surface area contributed by atoms with E-state index in [4.69, 9.17) is 0 Å². The second-order valence-corrected chi connectivity index (χ2v) is 6.41. The van der Waals surface area contributed by atoms with Crippen LogP contribution in [0.5, 0.6) is 0 Å². The molecule has 0 fully saturated rings. The lowest BCUT2D eigenvalue weighted by Gasteiger charge is -2.10. The van der Waals surface area contributed by atoms with Gasteiger partial charge >= 0.3 is 0 Å². The molecule has 0 aliphatic carbocycles. The van der Waals surface area contributed by atoms with E-state index < -0.39 is 16.4 Å². The van der Waals surface area contributed by atoms with Crippen molar-refractivity contribution >= 4 is 16.4 Å². The minimum absolute atomic E-state index is 0.0648. The van der Waals surface area contributed by atoms with Gasteiger partial charge < -0.3 is 24.3 Å². The van der Waals surface area contributed by atoms with E-state index in [2.05, 4.69) is 52.3 Å². The molecule has 26 heavy (non-hydrogen) atoms. The van der Waals surface area contributed by atoms with Crippen LogP contribution in [-0.2, 0) is 19.4 Å². The SMILES string of the molecule is C=C(C)C(=O)[O-].CC[NH+](CC)CC.CC[NH+](CC)CC.COS(=O)(=O)[O-]. The van der Waals surface area contributed by atoms with Crippen LogP contribution in [0.4, 0.5) is 0 Å². The third-order valence-corrected chi connectivity index (χ3v) is 3.96. The molecular weight excluding hydrogens is 360 g/mol. The van der Waals surface area contributed by atoms with Gasteiger partial charge in [0.05, 0.1) is 52.3 Å². The lowest BCUT2D eigenvalue weighted by atomic mass is 10.4. The van der Waals surface area contributed by atoms with Crippen molar-refractivity contribution in [3.63, 3.8) is 0 Å². The molecule has 0 bridgehead atoms. The monoisotopic (exact) mass is 400 g/mol. The minimum atomic E-state index is -4.41. The minimum Gasteiger partial charge on any atom is -0.726 e. The van der Waals surface area contributed by atoms with E-state index in [1.165, 1.54) is 46.2 Å². The van der Waals surface area contributed by atoms with Crippen molar-refractivity contribution in [2.24, 2.45) is 0 Å². The quantitative estimate of drug-likeness (QED) is 0.284. The maximum Gasteiger partial charge on any atom is 0.217 e. The second kappa shape index (κ2) is 22.0. The molecule has 8 nitrogen and oxygen atoms in total. The van der Waals surface area contributed by atoms with Crippen molar-refractivity contribution in [1.29, 1.82) is 0 Å². The van der Waals surface area contributed by atoms with Crippen molar-refractivity contribution in [2.45, 2.75) is 48.5 Å². The number of quaternary nitrogens is 2. The normalized spacial score (nSPS) is 9.96. The molecule has 0 aromatic rings. The molecule has 2 N–H and O–H groups in total. The fourth-order valence-corrected chi connectivity index (χ4v) is 1.50. The molecule has 0 amide bonds. The standard InChI is InChI=1S/2C6H15N.C4H6O2.CH4O4S/c2*1-4-7(5-2)6-3;1-3(2)4(5)6;1-5-6(2,3)4/h2*4-6H2,1-3H3;1H2,2H3,(H,5,6);1H3,(H,2,3,4). The van der Waals surface area contributed by atoms with E-state index in [0.29, 0.717) is 0 Å². The van der Waals surface area contributed by atoms with Crippen LogP contribution in [0.3, 0.4) is 0 Å². The maximum atomic E-state index is 9.49. The molecule has 9 heteroatoms. The van der Waals surface area contributed by atoms with Gasteiger partial charge in [-0.2, -0.15) is 0 Å². The Balaban J connectivity index is -0.000000124. The number of carbonyl (C=O) groups is 1. The molecule has 0 aromatic carbocycles. The summed E-state index contributed by atoms with van der Waals surface area (Å²) in [6.45, 7) is 25.4. The first-order valence-corrected chi connectivity index (χ1v) is 10.3. The summed E-state index contributed by atoms with van der Waals surface area (Å²) < 4.78 is 31.0. The van der Waals surface area contributed by atoms with Crippen molar-refractivity contribution in [1.82, 2.24) is 0 Å². The molecule has 0 atom stereocenters. The summed E-state index contributed by atoms with van der Waals surface area (Å²) in [5.41, 5.74) is 0.0648. The van der Waals surface area contributed by atoms with Gasteiger partial charge in [0.1, 0.15) is 0 Å². The number of hydrogen-bond acceptors (Lipinski definition) is 6. The summed E-state index contributed by atoms with van der Waals surface area (Å²) in [7, 11) is -3.60. The molecule has 0 heterocycles. The van der Waals surface area contributed by atoms with Gasteiger partial charge in [0.2, 0.25) is 10.4 Å². The van der Waals surface area contributed by atoms with Gasteiger partial charge in [0.15, 0.2) is 0 Å². The molecule has 0 spiro atoms. The van der Waals surface area contributed by atoms with E-state index in [-0.39, 0.29) is 5.57 Å². The second-order valence-electron chi connectivity index (χ2n) is 5.26. The van der Waals surface area contributed by atoms with Gasteiger partial charge in [-0.1, -0.05) is 6.58 Å². The number of carboxylic acid groups (broad SMARTS) is 1. The highest BCUT2D eigenvalue weighted by Gasteiger charge is 1.93. The number of aliphatic carboxylic acids is 1. The zero-order chi connectivity index (χ0) is 21.8. The average molecular weight is 401 g/mol. The molecule has 0 saturated carbocycles. The lowest BCUT2D eigenvalue weighted by Crippen LogP contribution is -3.11. The highest BCUT2D eigenvalue weighted by Crippen LogP contribution is 1.77. The first-order chi connectivity index (χ1) is 11.9. The number of rotatable bonds is 8. The Kier molecular flexibility index (Phi) is 27.7. The molecule has 0 saturated heterocycles. The van der Waals surface area contributed by atoms with E-state index in [0.717, 1.165) is 7.11 Å². The topological polar surface area (TPSA) is 115 Å². The predicted octanol–water partition coefficient (Wildman–Crippen LogP) is -1.73. The molecule has 0 aliphatic rings. The Labute approximate surface area is 160 Å². The Bertz CT molecular complexity index is 384. The number of nitrogens with one attached hydrogen (secondary N) is 2. The average Bonchev–Trinajstić information content (AvgIpc) is 2.59. The van der Waals surface area contributed by atoms with E-state index in [1.807, 2.05) is 0 Å². The number of carboxylic acids is 1. The van der Waals surface area contributed by atoms with Crippen molar-refractivity contribution in [2.75, 3.05) is 46.4 Å².